The molecule has 1 aliphatic heterocycles. The van der Waals surface area contributed by atoms with Crippen LogP contribution in [0.1, 0.15) is 69.4 Å². The maximum atomic E-state index is 6.40. The third-order valence-electron chi connectivity index (χ3n) is 4.66. The van der Waals surface area contributed by atoms with Crippen molar-refractivity contribution in [2.24, 2.45) is 0 Å². The molecule has 0 amide bonds. The predicted octanol–water partition coefficient (Wildman–Crippen LogP) is 6.60. The molecule has 22 heavy (non-hydrogen) atoms. The number of benzene rings is 1. The Morgan fingerprint density at radius 2 is 1.73 bits per heavy atom. The highest BCUT2D eigenvalue weighted by atomic mass is 79.9. The van der Waals surface area contributed by atoms with Crippen molar-refractivity contribution in [2.45, 2.75) is 71.3 Å². The maximum Gasteiger partial charge on any atom is 0.0465 e. The van der Waals surface area contributed by atoms with Gasteiger partial charge in [0.05, 0.1) is 0 Å². The van der Waals surface area contributed by atoms with Crippen LogP contribution < -0.4 is 0 Å². The van der Waals surface area contributed by atoms with E-state index in [0.29, 0.717) is 0 Å². The van der Waals surface area contributed by atoms with E-state index in [1.54, 1.807) is 0 Å². The molecular formula is C19H29BrClN. The molecule has 0 bridgehead atoms. The molecule has 0 N–H and O–H groups in total. The first-order valence-electron chi connectivity index (χ1n) is 8.90. The number of nitrogens with zero attached hydrogens (tertiary/aromatic N) is 1. The van der Waals surface area contributed by atoms with Gasteiger partial charge in [0.1, 0.15) is 0 Å². The molecule has 1 aromatic rings. The number of rotatable bonds is 9. The molecule has 1 aromatic carbocycles. The van der Waals surface area contributed by atoms with E-state index < -0.39 is 0 Å². The van der Waals surface area contributed by atoms with Crippen LogP contribution in [0.4, 0.5) is 0 Å². The van der Waals surface area contributed by atoms with Crippen molar-refractivity contribution in [1.29, 1.82) is 0 Å². The highest BCUT2D eigenvalue weighted by Crippen LogP contribution is 2.30. The third kappa shape index (κ3) is 5.86. The zero-order chi connectivity index (χ0) is 15.8. The summed E-state index contributed by atoms with van der Waals surface area (Å²) in [7, 11) is 0. The number of hydrogen-bond acceptors (Lipinski definition) is 1. The molecule has 1 heterocycles. The van der Waals surface area contributed by atoms with E-state index in [1.807, 2.05) is 6.07 Å². The summed E-state index contributed by atoms with van der Waals surface area (Å²) in [4.78, 5) is 2.57. The van der Waals surface area contributed by atoms with E-state index in [-0.39, 0.29) is 0 Å². The van der Waals surface area contributed by atoms with Crippen molar-refractivity contribution in [2.75, 3.05) is 13.1 Å². The van der Waals surface area contributed by atoms with Crippen LogP contribution in [0, 0.1) is 0 Å². The Balaban J connectivity index is 1.64. The number of unbranched alkanes of at least 4 members (excludes halogenated alkanes) is 7. The monoisotopic (exact) mass is 385 g/mol. The smallest absolute Gasteiger partial charge is 0.0465 e. The van der Waals surface area contributed by atoms with Crippen LogP contribution in [0.25, 0.3) is 0 Å². The Morgan fingerprint density at radius 3 is 2.45 bits per heavy atom. The fraction of sp³-hybridized carbons (Fsp3) is 0.684. The fourth-order valence-corrected chi connectivity index (χ4v) is 4.23. The average Bonchev–Trinajstić information content (AvgIpc) is 2.50. The summed E-state index contributed by atoms with van der Waals surface area (Å²) in [6.45, 7) is 5.71. The first-order chi connectivity index (χ1) is 10.7. The zero-order valence-electron chi connectivity index (χ0n) is 13.8. The standard InChI is InChI=1S/C19H29BrClN/c1-2-3-4-5-6-7-8-9-11-22-12-10-16-13-17(20)14-19(21)18(16)15-22/h13-14H,2-12,15H2,1H3. The molecule has 0 fully saturated rings. The summed E-state index contributed by atoms with van der Waals surface area (Å²) in [5.41, 5.74) is 2.77. The summed E-state index contributed by atoms with van der Waals surface area (Å²) in [6.07, 6.45) is 12.3. The van der Waals surface area contributed by atoms with Crippen LogP contribution in [0.15, 0.2) is 16.6 Å². The third-order valence-corrected chi connectivity index (χ3v) is 5.45. The Bertz CT molecular complexity index is 461. The first kappa shape index (κ1) is 18.3. The molecule has 0 aromatic heterocycles. The molecule has 3 heteroatoms. The van der Waals surface area contributed by atoms with Crippen molar-refractivity contribution in [1.82, 2.24) is 4.90 Å². The van der Waals surface area contributed by atoms with E-state index in [2.05, 4.69) is 33.8 Å². The lowest BCUT2D eigenvalue weighted by molar-refractivity contribution is 0.248. The highest BCUT2D eigenvalue weighted by molar-refractivity contribution is 9.10. The van der Waals surface area contributed by atoms with E-state index in [1.165, 1.54) is 75.6 Å². The quantitative estimate of drug-likeness (QED) is 0.432. The first-order valence-corrected chi connectivity index (χ1v) is 10.1. The lowest BCUT2D eigenvalue weighted by Crippen LogP contribution is -2.31. The molecule has 0 atom stereocenters. The van der Waals surface area contributed by atoms with Crippen LogP contribution in [0.2, 0.25) is 5.02 Å². The van der Waals surface area contributed by atoms with Crippen LogP contribution >= 0.6 is 27.5 Å². The second kappa shape index (κ2) is 9.95. The molecule has 0 spiro atoms. The second-order valence-electron chi connectivity index (χ2n) is 6.53. The Hall–Kier alpha value is -0.0500. The molecule has 1 nitrogen and oxygen atoms in total. The van der Waals surface area contributed by atoms with Gasteiger partial charge in [-0.25, -0.2) is 0 Å². The van der Waals surface area contributed by atoms with Gasteiger partial charge >= 0.3 is 0 Å². The minimum absolute atomic E-state index is 0.921. The van der Waals surface area contributed by atoms with Crippen molar-refractivity contribution < 1.29 is 0 Å². The van der Waals surface area contributed by atoms with Gasteiger partial charge in [0.25, 0.3) is 0 Å². The molecule has 1 aliphatic rings. The van der Waals surface area contributed by atoms with Crippen molar-refractivity contribution in [3.63, 3.8) is 0 Å². The van der Waals surface area contributed by atoms with Gasteiger partial charge in [-0.3, -0.25) is 4.90 Å². The SMILES string of the molecule is CCCCCCCCCCN1CCc2cc(Br)cc(Cl)c2C1. The molecular weight excluding hydrogens is 358 g/mol. The molecule has 2 rings (SSSR count). The Morgan fingerprint density at radius 1 is 1.05 bits per heavy atom. The van der Waals surface area contributed by atoms with E-state index >= 15 is 0 Å². The molecule has 0 aliphatic carbocycles. The summed E-state index contributed by atoms with van der Waals surface area (Å²) in [5, 5.41) is 0.921. The minimum Gasteiger partial charge on any atom is -0.299 e. The fourth-order valence-electron chi connectivity index (χ4n) is 3.30. The summed E-state index contributed by atoms with van der Waals surface area (Å²) >= 11 is 9.94. The molecule has 0 saturated heterocycles. The van der Waals surface area contributed by atoms with Gasteiger partial charge in [-0.15, -0.1) is 0 Å². The average molecular weight is 387 g/mol. The molecule has 0 radical (unpaired) electrons. The minimum atomic E-state index is 0.921. The second-order valence-corrected chi connectivity index (χ2v) is 7.85. The van der Waals surface area contributed by atoms with Crippen LogP contribution in [0.3, 0.4) is 0 Å². The predicted molar refractivity (Wildman–Crippen MR) is 101 cm³/mol. The summed E-state index contributed by atoms with van der Waals surface area (Å²) in [5.74, 6) is 0. The lowest BCUT2D eigenvalue weighted by atomic mass is 9.99. The lowest BCUT2D eigenvalue weighted by Gasteiger charge is -2.29. The maximum absolute atomic E-state index is 6.40. The Labute approximate surface area is 149 Å². The normalized spacial score (nSPS) is 15.0. The Kier molecular flexibility index (Phi) is 8.27. The summed E-state index contributed by atoms with van der Waals surface area (Å²) < 4.78 is 1.10. The van der Waals surface area contributed by atoms with Crippen LogP contribution in [0.5, 0.6) is 0 Å². The van der Waals surface area contributed by atoms with Gasteiger partial charge in [0.15, 0.2) is 0 Å². The molecule has 124 valence electrons. The molecule has 0 unspecified atom stereocenters. The topological polar surface area (TPSA) is 3.24 Å². The van der Waals surface area contributed by atoms with Crippen molar-refractivity contribution in [3.8, 4) is 0 Å². The van der Waals surface area contributed by atoms with E-state index in [4.69, 9.17) is 11.6 Å². The van der Waals surface area contributed by atoms with Gasteiger partial charge in [-0.1, -0.05) is 79.4 Å². The van der Waals surface area contributed by atoms with Gasteiger partial charge in [-0.05, 0) is 42.6 Å². The largest absolute Gasteiger partial charge is 0.299 e. The van der Waals surface area contributed by atoms with E-state index in [0.717, 1.165) is 22.5 Å². The number of halogens is 2. The van der Waals surface area contributed by atoms with E-state index in [9.17, 15) is 0 Å². The summed E-state index contributed by atoms with van der Waals surface area (Å²) in [6, 6.07) is 4.26. The number of fused-ring (bicyclic) bond motifs is 1. The van der Waals surface area contributed by atoms with Crippen molar-refractivity contribution >= 4 is 27.5 Å². The van der Waals surface area contributed by atoms with Crippen molar-refractivity contribution in [3.05, 3.63) is 32.8 Å². The van der Waals surface area contributed by atoms with Gasteiger partial charge in [0.2, 0.25) is 0 Å². The van der Waals surface area contributed by atoms with Crippen LogP contribution in [-0.2, 0) is 13.0 Å². The zero-order valence-corrected chi connectivity index (χ0v) is 16.2. The van der Waals surface area contributed by atoms with Gasteiger partial charge < -0.3 is 0 Å². The van der Waals surface area contributed by atoms with Gasteiger partial charge in [-0.2, -0.15) is 0 Å². The van der Waals surface area contributed by atoms with Crippen LogP contribution in [-0.4, -0.2) is 18.0 Å². The highest BCUT2D eigenvalue weighted by Gasteiger charge is 2.18. The number of hydrogen-bond donors (Lipinski definition) is 0. The molecule has 0 saturated carbocycles. The van der Waals surface area contributed by atoms with Gasteiger partial charge in [0, 0.05) is 22.6 Å².